The largest absolute Gasteiger partial charge is 0.497 e. The van der Waals surface area contributed by atoms with Gasteiger partial charge in [0.2, 0.25) is 0 Å². The second kappa shape index (κ2) is 6.99. The van der Waals surface area contributed by atoms with E-state index in [1.54, 1.807) is 24.3 Å². The standard InChI is InChI=1S/C17H18F3N3O3/c1-26-13-4-2-11(3-5-13)9-23-16(25)15(17(18,19)20)14(8-21-23)22-7-6-12(22)10-24/h2-5,8,12,24H,6-7,9-10H2,1H3. The zero-order valence-electron chi connectivity index (χ0n) is 14.0. The molecule has 1 aromatic carbocycles. The van der Waals surface area contributed by atoms with E-state index in [0.29, 0.717) is 24.3 Å². The molecule has 0 amide bonds. The predicted molar refractivity (Wildman–Crippen MR) is 88.4 cm³/mol. The lowest BCUT2D eigenvalue weighted by Gasteiger charge is -2.42. The zero-order chi connectivity index (χ0) is 18.9. The van der Waals surface area contributed by atoms with Crippen LogP contribution in [-0.2, 0) is 12.7 Å². The molecule has 1 fully saturated rings. The fourth-order valence-corrected chi connectivity index (χ4v) is 2.93. The highest BCUT2D eigenvalue weighted by atomic mass is 19.4. The first-order chi connectivity index (χ1) is 12.3. The highest BCUT2D eigenvalue weighted by molar-refractivity contribution is 5.55. The number of aliphatic hydroxyl groups is 1. The third-order valence-corrected chi connectivity index (χ3v) is 4.46. The van der Waals surface area contributed by atoms with Crippen LogP contribution in [0, 0.1) is 0 Å². The molecule has 26 heavy (non-hydrogen) atoms. The maximum Gasteiger partial charge on any atom is 0.423 e. The van der Waals surface area contributed by atoms with Gasteiger partial charge in [-0.25, -0.2) is 4.68 Å². The van der Waals surface area contributed by atoms with Crippen LogP contribution in [0.15, 0.2) is 35.3 Å². The Morgan fingerprint density at radius 3 is 2.50 bits per heavy atom. The molecule has 6 nitrogen and oxygen atoms in total. The molecule has 0 radical (unpaired) electrons. The van der Waals surface area contributed by atoms with Gasteiger partial charge in [-0.2, -0.15) is 18.3 Å². The van der Waals surface area contributed by atoms with E-state index >= 15 is 0 Å². The molecule has 1 aliphatic rings. The number of hydrogen-bond acceptors (Lipinski definition) is 5. The van der Waals surface area contributed by atoms with Crippen LogP contribution >= 0.6 is 0 Å². The van der Waals surface area contributed by atoms with Crippen molar-refractivity contribution in [3.8, 4) is 5.75 Å². The second-order valence-electron chi connectivity index (χ2n) is 6.03. The molecular formula is C17H18F3N3O3. The van der Waals surface area contributed by atoms with Gasteiger partial charge in [-0.3, -0.25) is 4.79 Å². The fourth-order valence-electron chi connectivity index (χ4n) is 2.93. The van der Waals surface area contributed by atoms with Crippen molar-refractivity contribution in [2.75, 3.05) is 25.2 Å². The number of aromatic nitrogens is 2. The molecule has 1 saturated heterocycles. The summed E-state index contributed by atoms with van der Waals surface area (Å²) >= 11 is 0. The lowest BCUT2D eigenvalue weighted by atomic mass is 10.0. The van der Waals surface area contributed by atoms with Crippen molar-refractivity contribution in [1.82, 2.24) is 9.78 Å². The van der Waals surface area contributed by atoms with E-state index in [2.05, 4.69) is 5.10 Å². The number of aliphatic hydroxyl groups excluding tert-OH is 1. The Kier molecular flexibility index (Phi) is 4.90. The third-order valence-electron chi connectivity index (χ3n) is 4.46. The van der Waals surface area contributed by atoms with Crippen LogP contribution in [0.4, 0.5) is 18.9 Å². The van der Waals surface area contributed by atoms with Crippen molar-refractivity contribution < 1.29 is 23.0 Å². The number of ether oxygens (including phenoxy) is 1. The van der Waals surface area contributed by atoms with E-state index in [0.717, 1.165) is 10.9 Å². The molecule has 1 aliphatic heterocycles. The minimum absolute atomic E-state index is 0.0877. The van der Waals surface area contributed by atoms with Crippen molar-refractivity contribution in [2.24, 2.45) is 0 Å². The predicted octanol–water partition coefficient (Wildman–Crippen LogP) is 1.89. The van der Waals surface area contributed by atoms with Gasteiger partial charge >= 0.3 is 6.18 Å². The fraction of sp³-hybridized carbons (Fsp3) is 0.412. The summed E-state index contributed by atoms with van der Waals surface area (Å²) in [5, 5.41) is 13.1. The number of nitrogens with zero attached hydrogens (tertiary/aromatic N) is 3. The molecular weight excluding hydrogens is 351 g/mol. The number of hydrogen-bond donors (Lipinski definition) is 1. The summed E-state index contributed by atoms with van der Waals surface area (Å²) < 4.78 is 46.4. The van der Waals surface area contributed by atoms with Crippen LogP contribution in [0.2, 0.25) is 0 Å². The number of anilines is 1. The lowest BCUT2D eigenvalue weighted by Crippen LogP contribution is -2.51. The smallest absolute Gasteiger partial charge is 0.423 e. The molecule has 1 aromatic heterocycles. The van der Waals surface area contributed by atoms with Crippen LogP contribution < -0.4 is 15.2 Å². The molecule has 9 heteroatoms. The molecule has 140 valence electrons. The Hall–Kier alpha value is -2.55. The molecule has 0 aliphatic carbocycles. The lowest BCUT2D eigenvalue weighted by molar-refractivity contribution is -0.138. The van der Waals surface area contributed by atoms with E-state index in [1.165, 1.54) is 12.0 Å². The highest BCUT2D eigenvalue weighted by Gasteiger charge is 2.42. The topological polar surface area (TPSA) is 67.6 Å². The third kappa shape index (κ3) is 3.39. The normalized spacial score (nSPS) is 17.1. The first-order valence-electron chi connectivity index (χ1n) is 8.03. The van der Waals surface area contributed by atoms with Gasteiger partial charge in [-0.1, -0.05) is 12.1 Å². The van der Waals surface area contributed by atoms with Crippen LogP contribution in [0.5, 0.6) is 5.75 Å². The summed E-state index contributed by atoms with van der Waals surface area (Å²) in [4.78, 5) is 13.8. The Bertz CT molecular complexity index is 832. The number of halogens is 3. The highest BCUT2D eigenvalue weighted by Crippen LogP contribution is 2.37. The summed E-state index contributed by atoms with van der Waals surface area (Å²) in [5.74, 6) is 0.605. The van der Waals surface area contributed by atoms with E-state index in [9.17, 15) is 23.1 Å². The summed E-state index contributed by atoms with van der Waals surface area (Å²) in [6.45, 7) is -0.0141. The maximum atomic E-state index is 13.5. The average molecular weight is 369 g/mol. The van der Waals surface area contributed by atoms with Gasteiger partial charge in [0, 0.05) is 6.54 Å². The summed E-state index contributed by atoms with van der Waals surface area (Å²) in [6, 6.07) is 6.21. The minimum atomic E-state index is -4.81. The molecule has 0 saturated carbocycles. The van der Waals surface area contributed by atoms with Crippen molar-refractivity contribution >= 4 is 5.69 Å². The summed E-state index contributed by atoms with van der Waals surface area (Å²) in [6.07, 6.45) is -3.19. The van der Waals surface area contributed by atoms with E-state index in [4.69, 9.17) is 4.74 Å². The van der Waals surface area contributed by atoms with Crippen LogP contribution in [-0.4, -0.2) is 41.2 Å². The SMILES string of the molecule is COc1ccc(Cn2ncc(N3CCC3CO)c(C(F)(F)F)c2=O)cc1. The summed E-state index contributed by atoms with van der Waals surface area (Å²) in [5.41, 5.74) is -2.11. The summed E-state index contributed by atoms with van der Waals surface area (Å²) in [7, 11) is 1.50. The van der Waals surface area contributed by atoms with Gasteiger partial charge in [0.1, 0.15) is 11.3 Å². The first kappa shape index (κ1) is 18.2. The van der Waals surface area contributed by atoms with E-state index < -0.39 is 23.3 Å². The average Bonchev–Trinajstić information content (AvgIpc) is 2.56. The molecule has 1 atom stereocenters. The Balaban J connectivity index is 1.98. The van der Waals surface area contributed by atoms with Gasteiger partial charge < -0.3 is 14.7 Å². The Morgan fingerprint density at radius 1 is 1.31 bits per heavy atom. The van der Waals surface area contributed by atoms with Crippen LogP contribution in [0.25, 0.3) is 0 Å². The van der Waals surface area contributed by atoms with E-state index in [1.807, 2.05) is 0 Å². The first-order valence-corrected chi connectivity index (χ1v) is 8.03. The second-order valence-corrected chi connectivity index (χ2v) is 6.03. The number of rotatable bonds is 5. The molecule has 2 heterocycles. The van der Waals surface area contributed by atoms with E-state index in [-0.39, 0.29) is 18.8 Å². The van der Waals surface area contributed by atoms with Crippen molar-refractivity contribution in [2.45, 2.75) is 25.2 Å². The van der Waals surface area contributed by atoms with Gasteiger partial charge in [-0.15, -0.1) is 0 Å². The zero-order valence-corrected chi connectivity index (χ0v) is 14.0. The Labute approximate surface area is 147 Å². The minimum Gasteiger partial charge on any atom is -0.497 e. The van der Waals surface area contributed by atoms with Gasteiger partial charge in [0.05, 0.1) is 38.2 Å². The van der Waals surface area contributed by atoms with Crippen molar-refractivity contribution in [1.29, 1.82) is 0 Å². The molecule has 2 aromatic rings. The molecule has 1 unspecified atom stereocenters. The van der Waals surface area contributed by atoms with Crippen LogP contribution in [0.1, 0.15) is 17.5 Å². The van der Waals surface area contributed by atoms with Crippen molar-refractivity contribution in [3.63, 3.8) is 0 Å². The number of benzene rings is 1. The quantitative estimate of drug-likeness (QED) is 0.872. The Morgan fingerprint density at radius 2 is 2.00 bits per heavy atom. The monoisotopic (exact) mass is 369 g/mol. The van der Waals surface area contributed by atoms with Gasteiger partial charge in [0.25, 0.3) is 5.56 Å². The van der Waals surface area contributed by atoms with Gasteiger partial charge in [-0.05, 0) is 24.1 Å². The molecule has 1 N–H and O–H groups in total. The number of methoxy groups -OCH3 is 1. The van der Waals surface area contributed by atoms with Gasteiger partial charge in [0.15, 0.2) is 0 Å². The number of alkyl halides is 3. The molecule has 0 bridgehead atoms. The molecule has 3 rings (SSSR count). The van der Waals surface area contributed by atoms with Crippen LogP contribution in [0.3, 0.4) is 0 Å². The molecule has 0 spiro atoms. The van der Waals surface area contributed by atoms with Crippen molar-refractivity contribution in [3.05, 3.63) is 51.9 Å². The maximum absolute atomic E-state index is 13.5.